The summed E-state index contributed by atoms with van der Waals surface area (Å²) < 4.78 is 4.54. The highest BCUT2D eigenvalue weighted by Gasteiger charge is 2.32. The summed E-state index contributed by atoms with van der Waals surface area (Å²) in [6, 6.07) is 0.346. The number of rotatable bonds is 5. The number of methoxy groups -OCH3 is 1. The van der Waals surface area contributed by atoms with Gasteiger partial charge < -0.3 is 15.2 Å². The zero-order valence-corrected chi connectivity index (χ0v) is 10.5. The minimum Gasteiger partial charge on any atom is -0.467 e. The molecule has 1 rings (SSSR count). The van der Waals surface area contributed by atoms with Gasteiger partial charge in [0.25, 0.3) is 0 Å². The second-order valence-corrected chi connectivity index (χ2v) is 4.98. The molecule has 0 aromatic heterocycles. The van der Waals surface area contributed by atoms with Gasteiger partial charge in [-0.25, -0.2) is 4.79 Å². The molecule has 1 aliphatic carbocycles. The Balaban J connectivity index is 2.35. The van der Waals surface area contributed by atoms with Gasteiger partial charge in [-0.3, -0.25) is 0 Å². The summed E-state index contributed by atoms with van der Waals surface area (Å²) in [5.41, 5.74) is -1.43. The highest BCUT2D eigenvalue weighted by atomic mass is 16.5. The minimum absolute atomic E-state index is 0.247. The minimum atomic E-state index is -1.43. The number of aliphatic hydroxyl groups is 1. The average Bonchev–Trinajstić information content (AvgIpc) is 2.78. The predicted octanol–water partition coefficient (Wildman–Crippen LogP) is 1.08. The van der Waals surface area contributed by atoms with Gasteiger partial charge in [0, 0.05) is 12.6 Å². The number of carbonyl (C=O) groups is 1. The molecule has 94 valence electrons. The Morgan fingerprint density at radius 2 is 2.12 bits per heavy atom. The zero-order chi connectivity index (χ0) is 12.2. The molecule has 1 fully saturated rings. The van der Waals surface area contributed by atoms with E-state index in [1.807, 2.05) is 0 Å². The van der Waals surface area contributed by atoms with Crippen LogP contribution in [0.2, 0.25) is 0 Å². The fourth-order valence-electron chi connectivity index (χ4n) is 2.28. The van der Waals surface area contributed by atoms with Crippen LogP contribution in [0, 0.1) is 5.92 Å². The molecule has 2 atom stereocenters. The van der Waals surface area contributed by atoms with Crippen molar-refractivity contribution in [3.05, 3.63) is 0 Å². The van der Waals surface area contributed by atoms with Gasteiger partial charge in [-0.2, -0.15) is 0 Å². The average molecular weight is 229 g/mol. The monoisotopic (exact) mass is 229 g/mol. The van der Waals surface area contributed by atoms with Crippen molar-refractivity contribution in [3.63, 3.8) is 0 Å². The zero-order valence-electron chi connectivity index (χ0n) is 10.5. The van der Waals surface area contributed by atoms with E-state index in [0.717, 1.165) is 0 Å². The highest BCUT2D eigenvalue weighted by Crippen LogP contribution is 2.27. The van der Waals surface area contributed by atoms with E-state index in [2.05, 4.69) is 17.0 Å². The molecule has 0 aliphatic heterocycles. The standard InChI is InChI=1S/C12H23NO3/c1-9(10-6-4-5-7-10)13-8-12(2,15)11(14)16-3/h9-10,13,15H,4-8H2,1-3H3/t9-,12?/m1/s1. The van der Waals surface area contributed by atoms with Gasteiger partial charge in [0.2, 0.25) is 0 Å². The fraction of sp³-hybridized carbons (Fsp3) is 0.917. The number of esters is 1. The molecule has 1 unspecified atom stereocenters. The Kier molecular flexibility index (Phi) is 4.74. The first-order valence-electron chi connectivity index (χ1n) is 6.01. The molecule has 2 N–H and O–H groups in total. The molecule has 4 heteroatoms. The molecule has 1 saturated carbocycles. The lowest BCUT2D eigenvalue weighted by Crippen LogP contribution is -2.49. The summed E-state index contributed by atoms with van der Waals surface area (Å²) in [5.74, 6) is 0.0899. The third kappa shape index (κ3) is 3.46. The third-order valence-corrected chi connectivity index (χ3v) is 3.50. The van der Waals surface area contributed by atoms with Crippen LogP contribution in [0.1, 0.15) is 39.5 Å². The van der Waals surface area contributed by atoms with Gasteiger partial charge >= 0.3 is 5.97 Å². The van der Waals surface area contributed by atoms with E-state index < -0.39 is 11.6 Å². The fourth-order valence-corrected chi connectivity index (χ4v) is 2.28. The van der Waals surface area contributed by atoms with Crippen LogP contribution >= 0.6 is 0 Å². The number of hydrogen-bond donors (Lipinski definition) is 2. The van der Waals surface area contributed by atoms with Crippen LogP contribution in [0.25, 0.3) is 0 Å². The maximum absolute atomic E-state index is 11.3. The summed E-state index contributed by atoms with van der Waals surface area (Å²) in [6.45, 7) is 3.84. The van der Waals surface area contributed by atoms with Crippen molar-refractivity contribution in [1.82, 2.24) is 5.32 Å². The summed E-state index contributed by atoms with van der Waals surface area (Å²) in [4.78, 5) is 11.3. The molecule has 0 aromatic rings. The Bertz CT molecular complexity index is 234. The van der Waals surface area contributed by atoms with Crippen molar-refractivity contribution < 1.29 is 14.6 Å². The molecule has 0 aromatic carbocycles. The first kappa shape index (κ1) is 13.5. The van der Waals surface area contributed by atoms with Gasteiger partial charge in [-0.1, -0.05) is 12.8 Å². The molecule has 0 spiro atoms. The molecule has 0 bridgehead atoms. The van der Waals surface area contributed by atoms with Crippen LogP contribution in [-0.2, 0) is 9.53 Å². The first-order chi connectivity index (χ1) is 7.47. The predicted molar refractivity (Wildman–Crippen MR) is 62.1 cm³/mol. The Hall–Kier alpha value is -0.610. The molecule has 0 saturated heterocycles. The molecule has 0 heterocycles. The van der Waals surface area contributed by atoms with E-state index in [9.17, 15) is 9.90 Å². The van der Waals surface area contributed by atoms with Gasteiger partial charge in [0.05, 0.1) is 7.11 Å². The quantitative estimate of drug-likeness (QED) is 0.693. The maximum atomic E-state index is 11.3. The molecule has 1 aliphatic rings. The molecular weight excluding hydrogens is 206 g/mol. The van der Waals surface area contributed by atoms with E-state index >= 15 is 0 Å². The smallest absolute Gasteiger partial charge is 0.338 e. The Morgan fingerprint density at radius 1 is 1.56 bits per heavy atom. The molecule has 16 heavy (non-hydrogen) atoms. The van der Waals surface area contributed by atoms with Gasteiger partial charge in [-0.05, 0) is 32.6 Å². The Morgan fingerprint density at radius 3 is 2.62 bits per heavy atom. The number of hydrogen-bond acceptors (Lipinski definition) is 4. The van der Waals surface area contributed by atoms with E-state index in [4.69, 9.17) is 0 Å². The summed E-state index contributed by atoms with van der Waals surface area (Å²) in [5, 5.41) is 13.1. The SMILES string of the molecule is COC(=O)C(C)(O)CN[C@H](C)C1CCCC1. The normalized spacial score (nSPS) is 22.8. The van der Waals surface area contributed by atoms with Crippen LogP contribution in [0.4, 0.5) is 0 Å². The second kappa shape index (κ2) is 5.64. The second-order valence-electron chi connectivity index (χ2n) is 4.98. The third-order valence-electron chi connectivity index (χ3n) is 3.50. The Labute approximate surface area is 97.4 Å². The lowest BCUT2D eigenvalue weighted by atomic mass is 9.98. The van der Waals surface area contributed by atoms with Crippen LogP contribution < -0.4 is 5.32 Å². The first-order valence-corrected chi connectivity index (χ1v) is 6.01. The number of ether oxygens (including phenoxy) is 1. The maximum Gasteiger partial charge on any atom is 0.338 e. The van der Waals surface area contributed by atoms with Crippen molar-refractivity contribution in [3.8, 4) is 0 Å². The van der Waals surface area contributed by atoms with Crippen molar-refractivity contribution in [2.45, 2.75) is 51.2 Å². The lowest BCUT2D eigenvalue weighted by Gasteiger charge is -2.26. The number of nitrogens with one attached hydrogen (secondary N) is 1. The van der Waals surface area contributed by atoms with Crippen molar-refractivity contribution in [2.75, 3.05) is 13.7 Å². The van der Waals surface area contributed by atoms with Crippen LogP contribution in [0.3, 0.4) is 0 Å². The molecular formula is C12H23NO3. The number of carbonyl (C=O) groups excluding carboxylic acids is 1. The molecule has 4 nitrogen and oxygen atoms in total. The lowest BCUT2D eigenvalue weighted by molar-refractivity contribution is -0.160. The molecule has 0 radical (unpaired) electrons. The van der Waals surface area contributed by atoms with Gasteiger partial charge in [0.15, 0.2) is 5.60 Å². The van der Waals surface area contributed by atoms with E-state index in [1.54, 1.807) is 0 Å². The van der Waals surface area contributed by atoms with Crippen LogP contribution in [-0.4, -0.2) is 36.4 Å². The van der Waals surface area contributed by atoms with Crippen molar-refractivity contribution in [2.24, 2.45) is 5.92 Å². The van der Waals surface area contributed by atoms with Gasteiger partial charge in [0.1, 0.15) is 0 Å². The summed E-state index contributed by atoms with van der Waals surface area (Å²) in [6.07, 6.45) is 5.08. The molecule has 0 amide bonds. The van der Waals surface area contributed by atoms with E-state index in [0.29, 0.717) is 12.0 Å². The van der Waals surface area contributed by atoms with E-state index in [-0.39, 0.29) is 6.54 Å². The largest absolute Gasteiger partial charge is 0.467 e. The summed E-state index contributed by atoms with van der Waals surface area (Å²) >= 11 is 0. The topological polar surface area (TPSA) is 58.6 Å². The van der Waals surface area contributed by atoms with Crippen LogP contribution in [0.5, 0.6) is 0 Å². The highest BCUT2D eigenvalue weighted by molar-refractivity contribution is 5.78. The van der Waals surface area contributed by atoms with E-state index in [1.165, 1.54) is 39.7 Å². The van der Waals surface area contributed by atoms with Crippen molar-refractivity contribution in [1.29, 1.82) is 0 Å². The van der Waals surface area contributed by atoms with Crippen LogP contribution in [0.15, 0.2) is 0 Å². The van der Waals surface area contributed by atoms with Crippen molar-refractivity contribution >= 4 is 5.97 Å². The summed E-state index contributed by atoms with van der Waals surface area (Å²) in [7, 11) is 1.29. The van der Waals surface area contributed by atoms with Gasteiger partial charge in [-0.15, -0.1) is 0 Å².